The molecule has 0 unspecified atom stereocenters. The number of nitrogens with zero attached hydrogens (tertiary/aromatic N) is 3. The van der Waals surface area contributed by atoms with E-state index in [0.29, 0.717) is 4.31 Å². The lowest BCUT2D eigenvalue weighted by atomic mass is 10.4. The van der Waals surface area contributed by atoms with Gasteiger partial charge in [-0.15, -0.1) is 10.2 Å². The van der Waals surface area contributed by atoms with Crippen molar-refractivity contribution >= 4 is 26.5 Å². The van der Waals surface area contributed by atoms with E-state index in [1.807, 2.05) is 0 Å². The van der Waals surface area contributed by atoms with Gasteiger partial charge < -0.3 is 0 Å². The predicted molar refractivity (Wildman–Crippen MR) is 66.9 cm³/mol. The highest BCUT2D eigenvalue weighted by Gasteiger charge is 2.37. The monoisotopic (exact) mass is 341 g/mol. The molecule has 11 heteroatoms. The third-order valence-corrected chi connectivity index (χ3v) is 5.32. The minimum atomic E-state index is -4.70. The minimum Gasteiger partial charge on any atom is -0.243 e. The number of benzene rings is 1. The third kappa shape index (κ3) is 3.13. The zero-order valence-electron chi connectivity index (χ0n) is 10.3. The van der Waals surface area contributed by atoms with Crippen LogP contribution in [0.15, 0.2) is 29.2 Å². The molecule has 1 heterocycles. The summed E-state index contributed by atoms with van der Waals surface area (Å²) in [6, 6.07) is 3.88. The lowest BCUT2D eigenvalue weighted by Gasteiger charge is -2.15. The van der Waals surface area contributed by atoms with Crippen molar-refractivity contribution in [2.45, 2.75) is 11.1 Å². The van der Waals surface area contributed by atoms with Gasteiger partial charge in [-0.25, -0.2) is 17.1 Å². The molecule has 0 atom stereocenters. The first-order valence-corrected chi connectivity index (χ1v) is 7.53. The van der Waals surface area contributed by atoms with Gasteiger partial charge in [-0.3, -0.25) is 0 Å². The molecular weight excluding hydrogens is 334 g/mol. The van der Waals surface area contributed by atoms with Crippen molar-refractivity contribution in [2.75, 3.05) is 11.4 Å². The summed E-state index contributed by atoms with van der Waals surface area (Å²) >= 11 is 0.0981. The largest absolute Gasteiger partial charge is 0.445 e. The van der Waals surface area contributed by atoms with Crippen molar-refractivity contribution in [3.05, 3.63) is 35.1 Å². The average molecular weight is 341 g/mol. The number of hydrogen-bond acceptors (Lipinski definition) is 5. The van der Waals surface area contributed by atoms with Crippen LogP contribution < -0.4 is 4.31 Å². The first kappa shape index (κ1) is 15.6. The molecule has 0 aliphatic carbocycles. The molecule has 0 spiro atoms. The molecule has 0 aliphatic rings. The topological polar surface area (TPSA) is 63.2 Å². The van der Waals surface area contributed by atoms with Crippen LogP contribution in [0.4, 0.5) is 22.7 Å². The Morgan fingerprint density at radius 2 is 1.71 bits per heavy atom. The van der Waals surface area contributed by atoms with Crippen LogP contribution in [0.1, 0.15) is 5.01 Å². The molecule has 21 heavy (non-hydrogen) atoms. The van der Waals surface area contributed by atoms with E-state index in [1.54, 1.807) is 0 Å². The number of rotatable bonds is 3. The number of anilines is 1. The van der Waals surface area contributed by atoms with E-state index in [-0.39, 0.29) is 16.2 Å². The molecule has 1 aromatic heterocycles. The molecule has 2 rings (SSSR count). The van der Waals surface area contributed by atoms with Crippen molar-refractivity contribution in [3.8, 4) is 0 Å². The summed E-state index contributed by atoms with van der Waals surface area (Å²) in [5, 5.41) is 4.43. The fraction of sp³-hybridized carbons (Fsp3) is 0.200. The first-order chi connectivity index (χ1) is 9.62. The Morgan fingerprint density at radius 3 is 2.19 bits per heavy atom. The third-order valence-electron chi connectivity index (χ3n) is 2.40. The maximum absolute atomic E-state index is 12.8. The van der Waals surface area contributed by atoms with E-state index in [0.717, 1.165) is 31.3 Å². The molecule has 0 radical (unpaired) electrons. The van der Waals surface area contributed by atoms with E-state index in [4.69, 9.17) is 0 Å². The van der Waals surface area contributed by atoms with Crippen LogP contribution in [-0.2, 0) is 16.2 Å². The van der Waals surface area contributed by atoms with Crippen LogP contribution in [0.3, 0.4) is 0 Å². The molecule has 0 saturated carbocycles. The van der Waals surface area contributed by atoms with Gasteiger partial charge in [-0.05, 0) is 24.3 Å². The molecule has 0 bridgehead atoms. The van der Waals surface area contributed by atoms with Gasteiger partial charge in [0.25, 0.3) is 10.0 Å². The fourth-order valence-electron chi connectivity index (χ4n) is 1.32. The normalized spacial score (nSPS) is 12.4. The molecule has 0 amide bonds. The Bertz CT molecular complexity index is 740. The molecule has 0 fully saturated rings. The van der Waals surface area contributed by atoms with Crippen LogP contribution in [-0.4, -0.2) is 25.7 Å². The summed E-state index contributed by atoms with van der Waals surface area (Å²) in [5.74, 6) is -0.633. The Hall–Kier alpha value is -1.75. The number of aromatic nitrogens is 2. The van der Waals surface area contributed by atoms with Gasteiger partial charge >= 0.3 is 6.18 Å². The highest BCUT2D eigenvalue weighted by Crippen LogP contribution is 2.35. The van der Waals surface area contributed by atoms with E-state index in [1.165, 1.54) is 0 Å². The van der Waals surface area contributed by atoms with Gasteiger partial charge in [0, 0.05) is 7.05 Å². The smallest absolute Gasteiger partial charge is 0.243 e. The van der Waals surface area contributed by atoms with Gasteiger partial charge in [0.1, 0.15) is 5.82 Å². The Labute approximate surface area is 120 Å². The molecule has 1 aromatic carbocycles. The van der Waals surface area contributed by atoms with E-state index >= 15 is 0 Å². The maximum atomic E-state index is 12.8. The average Bonchev–Trinajstić information content (AvgIpc) is 2.87. The van der Waals surface area contributed by atoms with E-state index in [2.05, 4.69) is 10.2 Å². The molecule has 0 N–H and O–H groups in total. The predicted octanol–water partition coefficient (Wildman–Crippen LogP) is 2.52. The van der Waals surface area contributed by atoms with Gasteiger partial charge in [-0.2, -0.15) is 13.2 Å². The minimum absolute atomic E-state index is 0.0981. The van der Waals surface area contributed by atoms with Gasteiger partial charge in [0.05, 0.1) is 4.90 Å². The van der Waals surface area contributed by atoms with Crippen LogP contribution in [0.25, 0.3) is 0 Å². The lowest BCUT2D eigenvalue weighted by Crippen LogP contribution is -2.26. The summed E-state index contributed by atoms with van der Waals surface area (Å²) in [7, 11) is -3.09. The van der Waals surface area contributed by atoms with Crippen LogP contribution in [0, 0.1) is 5.82 Å². The number of alkyl halides is 3. The molecule has 0 aliphatic heterocycles. The second-order valence-electron chi connectivity index (χ2n) is 3.81. The molecule has 114 valence electrons. The SMILES string of the molecule is CN(c1nnc(C(F)(F)F)s1)S(=O)(=O)c1ccc(F)cc1. The zero-order chi connectivity index (χ0) is 15.8. The Kier molecular flexibility index (Phi) is 3.89. The second-order valence-corrected chi connectivity index (χ2v) is 6.74. The number of hydrogen-bond donors (Lipinski definition) is 0. The van der Waals surface area contributed by atoms with Crippen molar-refractivity contribution in [3.63, 3.8) is 0 Å². The highest BCUT2D eigenvalue weighted by molar-refractivity contribution is 7.93. The summed E-state index contributed by atoms with van der Waals surface area (Å²) < 4.78 is 75.0. The van der Waals surface area contributed by atoms with Crippen molar-refractivity contribution in [1.29, 1.82) is 0 Å². The zero-order valence-corrected chi connectivity index (χ0v) is 11.9. The fourth-order valence-corrected chi connectivity index (χ4v) is 3.35. The number of sulfonamides is 1. The van der Waals surface area contributed by atoms with Crippen LogP contribution in [0.2, 0.25) is 0 Å². The molecule has 2 aromatic rings. The summed E-state index contributed by atoms with van der Waals surface area (Å²) in [4.78, 5) is -0.268. The van der Waals surface area contributed by atoms with Crippen molar-refractivity contribution in [2.24, 2.45) is 0 Å². The van der Waals surface area contributed by atoms with Crippen LogP contribution >= 0.6 is 11.3 Å². The standard InChI is InChI=1S/C10H7F4N3O2S2/c1-17(9-16-15-8(20-9)10(12,13)14)21(18,19)7-4-2-6(11)3-5-7/h2-5H,1H3. The van der Waals surface area contributed by atoms with Crippen molar-refractivity contribution in [1.82, 2.24) is 10.2 Å². The Morgan fingerprint density at radius 1 is 1.14 bits per heavy atom. The maximum Gasteiger partial charge on any atom is 0.445 e. The highest BCUT2D eigenvalue weighted by atomic mass is 32.2. The molecular formula is C10H7F4N3O2S2. The lowest BCUT2D eigenvalue weighted by molar-refractivity contribution is -0.138. The summed E-state index contributed by atoms with van der Waals surface area (Å²) in [6.45, 7) is 0. The first-order valence-electron chi connectivity index (χ1n) is 5.27. The number of halogens is 4. The van der Waals surface area contributed by atoms with E-state index in [9.17, 15) is 26.0 Å². The van der Waals surface area contributed by atoms with Crippen molar-refractivity contribution < 1.29 is 26.0 Å². The van der Waals surface area contributed by atoms with Crippen LogP contribution in [0.5, 0.6) is 0 Å². The Balaban J connectivity index is 2.36. The van der Waals surface area contributed by atoms with E-state index < -0.39 is 32.2 Å². The molecule has 0 saturated heterocycles. The van der Waals surface area contributed by atoms with Gasteiger partial charge in [0.2, 0.25) is 10.1 Å². The second kappa shape index (κ2) is 5.22. The summed E-state index contributed by atoms with van der Waals surface area (Å²) in [5.41, 5.74) is 0. The van der Waals surface area contributed by atoms with Gasteiger partial charge in [0.15, 0.2) is 0 Å². The van der Waals surface area contributed by atoms with Gasteiger partial charge in [-0.1, -0.05) is 11.3 Å². The quantitative estimate of drug-likeness (QED) is 0.805. The molecule has 5 nitrogen and oxygen atoms in total. The summed E-state index contributed by atoms with van der Waals surface area (Å²) in [6.07, 6.45) is -4.70.